The summed E-state index contributed by atoms with van der Waals surface area (Å²) in [7, 11) is 0. The second kappa shape index (κ2) is 5.25. The summed E-state index contributed by atoms with van der Waals surface area (Å²) in [6, 6.07) is 12.5. The highest BCUT2D eigenvalue weighted by molar-refractivity contribution is 5.85. The molecule has 0 radical (unpaired) electrons. The van der Waals surface area contributed by atoms with Gasteiger partial charge in [0.1, 0.15) is 17.1 Å². The highest BCUT2D eigenvalue weighted by Gasteiger charge is 2.25. The van der Waals surface area contributed by atoms with Gasteiger partial charge in [0.25, 0.3) is 0 Å². The molecule has 0 saturated heterocycles. The Hall–Kier alpha value is -2.59. The molecule has 0 amide bonds. The van der Waals surface area contributed by atoms with Gasteiger partial charge in [0, 0.05) is 16.7 Å². The lowest BCUT2D eigenvalue weighted by Crippen LogP contribution is -2.29. The maximum absolute atomic E-state index is 12.7. The van der Waals surface area contributed by atoms with Gasteiger partial charge in [-0.25, -0.2) is 0 Å². The van der Waals surface area contributed by atoms with Crippen LogP contribution in [-0.2, 0) is 5.54 Å². The molecule has 0 saturated carbocycles. The molecule has 0 fully saturated rings. The first-order chi connectivity index (χ1) is 10.8. The predicted molar refractivity (Wildman–Crippen MR) is 91.5 cm³/mol. The first kappa shape index (κ1) is 15.3. The molecular weight excluding hydrogens is 290 g/mol. The molecule has 1 aromatic heterocycles. The van der Waals surface area contributed by atoms with Crippen LogP contribution in [0, 0.1) is 6.92 Å². The van der Waals surface area contributed by atoms with Gasteiger partial charge in [0.2, 0.25) is 0 Å². The van der Waals surface area contributed by atoms with Crippen LogP contribution >= 0.6 is 0 Å². The van der Waals surface area contributed by atoms with E-state index in [0.717, 1.165) is 5.56 Å². The highest BCUT2D eigenvalue weighted by atomic mass is 16.3. The van der Waals surface area contributed by atoms with Gasteiger partial charge in [-0.2, -0.15) is 0 Å². The number of phenolic OH excluding ortho intramolecular Hbond substituents is 1. The van der Waals surface area contributed by atoms with Crippen LogP contribution in [0.2, 0.25) is 0 Å². The Morgan fingerprint density at radius 3 is 2.35 bits per heavy atom. The molecule has 0 aliphatic heterocycles. The first-order valence-corrected chi connectivity index (χ1v) is 7.45. The molecular formula is C19H19NO3. The van der Waals surface area contributed by atoms with E-state index in [9.17, 15) is 9.90 Å². The van der Waals surface area contributed by atoms with Crippen LogP contribution in [0.15, 0.2) is 51.7 Å². The number of benzene rings is 2. The zero-order valence-corrected chi connectivity index (χ0v) is 13.4. The Bertz CT molecular complexity index is 935. The zero-order valence-electron chi connectivity index (χ0n) is 13.4. The number of nitrogens with two attached hydrogens (primary N) is 1. The number of hydrogen-bond acceptors (Lipinski definition) is 4. The van der Waals surface area contributed by atoms with Crippen molar-refractivity contribution < 1.29 is 9.52 Å². The summed E-state index contributed by atoms with van der Waals surface area (Å²) in [5.41, 5.74) is 7.34. The van der Waals surface area contributed by atoms with Gasteiger partial charge in [0.15, 0.2) is 5.43 Å². The summed E-state index contributed by atoms with van der Waals surface area (Å²) in [6.45, 7) is 5.28. The van der Waals surface area contributed by atoms with E-state index in [4.69, 9.17) is 10.2 Å². The topological polar surface area (TPSA) is 76.5 Å². The standard InChI is InChI=1S/C19H19NO3/c1-11-16(22)13-9-10-14(21)15(19(2,3)20)18(13)23-17(11)12-7-5-4-6-8-12/h4-10,21H,20H2,1-3H3. The minimum atomic E-state index is -0.844. The largest absolute Gasteiger partial charge is 0.507 e. The average Bonchev–Trinajstić information content (AvgIpc) is 2.50. The van der Waals surface area contributed by atoms with Crippen molar-refractivity contribution in [3.05, 3.63) is 63.8 Å². The molecule has 23 heavy (non-hydrogen) atoms. The van der Waals surface area contributed by atoms with E-state index in [1.165, 1.54) is 6.07 Å². The number of hydrogen-bond donors (Lipinski definition) is 2. The van der Waals surface area contributed by atoms with E-state index in [-0.39, 0.29) is 11.2 Å². The highest BCUT2D eigenvalue weighted by Crippen LogP contribution is 2.36. The van der Waals surface area contributed by atoms with E-state index in [0.29, 0.717) is 27.9 Å². The summed E-state index contributed by atoms with van der Waals surface area (Å²) >= 11 is 0. The molecule has 0 unspecified atom stereocenters. The quantitative estimate of drug-likeness (QED) is 0.757. The summed E-state index contributed by atoms with van der Waals surface area (Å²) in [4.78, 5) is 12.7. The lowest BCUT2D eigenvalue weighted by molar-refractivity contribution is 0.437. The molecule has 0 spiro atoms. The molecule has 4 heteroatoms. The molecule has 3 aromatic rings. The Morgan fingerprint density at radius 1 is 1.09 bits per heavy atom. The number of rotatable bonds is 2. The number of aromatic hydroxyl groups is 1. The van der Waals surface area contributed by atoms with Gasteiger partial charge in [-0.05, 0) is 32.9 Å². The molecule has 3 rings (SSSR count). The van der Waals surface area contributed by atoms with Crippen molar-refractivity contribution in [1.29, 1.82) is 0 Å². The molecule has 0 bridgehead atoms. The predicted octanol–water partition coefficient (Wildman–Crippen LogP) is 3.67. The fourth-order valence-electron chi connectivity index (χ4n) is 2.83. The minimum Gasteiger partial charge on any atom is -0.507 e. The van der Waals surface area contributed by atoms with Crippen LogP contribution in [-0.4, -0.2) is 5.11 Å². The molecule has 0 aliphatic rings. The lowest BCUT2D eigenvalue weighted by Gasteiger charge is -2.22. The van der Waals surface area contributed by atoms with Crippen LogP contribution in [0.3, 0.4) is 0 Å². The zero-order chi connectivity index (χ0) is 16.8. The van der Waals surface area contributed by atoms with E-state index < -0.39 is 5.54 Å². The van der Waals surface area contributed by atoms with Crippen molar-refractivity contribution in [2.75, 3.05) is 0 Å². The van der Waals surface area contributed by atoms with Crippen LogP contribution in [0.25, 0.3) is 22.3 Å². The lowest BCUT2D eigenvalue weighted by atomic mass is 9.92. The third-order valence-electron chi connectivity index (χ3n) is 3.95. The molecule has 3 N–H and O–H groups in total. The van der Waals surface area contributed by atoms with Gasteiger partial charge in [-0.15, -0.1) is 0 Å². The molecule has 118 valence electrons. The summed E-state index contributed by atoms with van der Waals surface area (Å²) in [6.07, 6.45) is 0. The molecule has 0 aliphatic carbocycles. The Morgan fingerprint density at radius 2 is 1.74 bits per heavy atom. The normalized spacial score (nSPS) is 11.8. The molecule has 0 atom stereocenters. The van der Waals surface area contributed by atoms with E-state index in [1.54, 1.807) is 26.8 Å². The fraction of sp³-hybridized carbons (Fsp3) is 0.211. The maximum atomic E-state index is 12.7. The SMILES string of the molecule is Cc1c(-c2ccccc2)oc2c(C(C)(C)N)c(O)ccc2c1=O. The number of fused-ring (bicyclic) bond motifs is 1. The van der Waals surface area contributed by atoms with Crippen LogP contribution < -0.4 is 11.2 Å². The van der Waals surface area contributed by atoms with Crippen molar-refractivity contribution >= 4 is 11.0 Å². The maximum Gasteiger partial charge on any atom is 0.196 e. The van der Waals surface area contributed by atoms with Gasteiger partial charge < -0.3 is 15.3 Å². The third-order valence-corrected chi connectivity index (χ3v) is 3.95. The van der Waals surface area contributed by atoms with Gasteiger partial charge in [-0.3, -0.25) is 4.79 Å². The second-order valence-corrected chi connectivity index (χ2v) is 6.31. The first-order valence-electron chi connectivity index (χ1n) is 7.45. The minimum absolute atomic E-state index is 0.0241. The summed E-state index contributed by atoms with van der Waals surface area (Å²) in [5, 5.41) is 10.6. The van der Waals surface area contributed by atoms with E-state index in [2.05, 4.69) is 0 Å². The van der Waals surface area contributed by atoms with E-state index >= 15 is 0 Å². The molecule has 2 aromatic carbocycles. The Kier molecular flexibility index (Phi) is 3.49. The Labute approximate surface area is 134 Å². The second-order valence-electron chi connectivity index (χ2n) is 6.31. The number of phenols is 1. The van der Waals surface area contributed by atoms with Crippen molar-refractivity contribution in [2.45, 2.75) is 26.3 Å². The average molecular weight is 309 g/mol. The van der Waals surface area contributed by atoms with Gasteiger partial charge in [-0.1, -0.05) is 30.3 Å². The van der Waals surface area contributed by atoms with Gasteiger partial charge in [0.05, 0.1) is 10.9 Å². The molecule has 1 heterocycles. The fourth-order valence-corrected chi connectivity index (χ4v) is 2.83. The van der Waals surface area contributed by atoms with Crippen molar-refractivity contribution in [1.82, 2.24) is 0 Å². The van der Waals surface area contributed by atoms with Crippen molar-refractivity contribution in [3.63, 3.8) is 0 Å². The van der Waals surface area contributed by atoms with Crippen molar-refractivity contribution in [2.24, 2.45) is 5.73 Å². The van der Waals surface area contributed by atoms with Crippen LogP contribution in [0.1, 0.15) is 25.0 Å². The smallest absolute Gasteiger partial charge is 0.196 e. The van der Waals surface area contributed by atoms with Crippen molar-refractivity contribution in [3.8, 4) is 17.1 Å². The summed E-state index contributed by atoms with van der Waals surface area (Å²) < 4.78 is 6.06. The molecule has 4 nitrogen and oxygen atoms in total. The van der Waals surface area contributed by atoms with Crippen LogP contribution in [0.4, 0.5) is 0 Å². The summed E-state index contributed by atoms with van der Waals surface area (Å²) in [5.74, 6) is 0.523. The van der Waals surface area contributed by atoms with E-state index in [1.807, 2.05) is 30.3 Å². The Balaban J connectivity index is 2.47. The van der Waals surface area contributed by atoms with Gasteiger partial charge >= 0.3 is 0 Å². The third kappa shape index (κ3) is 2.51. The monoisotopic (exact) mass is 309 g/mol. The van der Waals surface area contributed by atoms with Crippen LogP contribution in [0.5, 0.6) is 5.75 Å².